The van der Waals surface area contributed by atoms with E-state index < -0.39 is 11.7 Å². The first kappa shape index (κ1) is 8.29. The Morgan fingerprint density at radius 3 is 2.91 bits per heavy atom. The molecule has 0 aromatic carbocycles. The summed E-state index contributed by atoms with van der Waals surface area (Å²) in [6, 6.07) is 0. The van der Waals surface area contributed by atoms with Crippen LogP contribution >= 0.6 is 0 Å². The number of aliphatic hydroxyl groups is 1. The molecule has 4 N–H and O–H groups in total. The van der Waals surface area contributed by atoms with Crippen LogP contribution in [0.15, 0.2) is 0 Å². The summed E-state index contributed by atoms with van der Waals surface area (Å²) < 4.78 is 0. The molecule has 1 heterocycles. The highest BCUT2D eigenvalue weighted by molar-refractivity contribution is 5.64. The fourth-order valence-electron chi connectivity index (χ4n) is 1.12. The molecular weight excluding hydrogens is 148 g/mol. The van der Waals surface area contributed by atoms with Gasteiger partial charge in [0.2, 0.25) is 0 Å². The van der Waals surface area contributed by atoms with Crippen molar-refractivity contribution in [2.24, 2.45) is 0 Å². The van der Waals surface area contributed by atoms with Crippen molar-refractivity contribution < 1.29 is 15.0 Å². The minimum atomic E-state index is -1.09. The zero-order valence-corrected chi connectivity index (χ0v) is 6.13. The predicted molar refractivity (Wildman–Crippen MR) is 38.5 cm³/mol. The molecule has 5 heteroatoms. The molecule has 0 aromatic rings. The van der Waals surface area contributed by atoms with Crippen LogP contribution in [0.3, 0.4) is 0 Å². The summed E-state index contributed by atoms with van der Waals surface area (Å²) in [4.78, 5) is 10.1. The number of amides is 1. The number of hydrogen-bond donors (Lipinski definition) is 4. The largest absolute Gasteiger partial charge is 0.465 e. The Morgan fingerprint density at radius 1 is 1.73 bits per heavy atom. The van der Waals surface area contributed by atoms with Crippen molar-refractivity contribution in [1.82, 2.24) is 10.6 Å². The predicted octanol–water partition coefficient (Wildman–Crippen LogP) is -1.02. The van der Waals surface area contributed by atoms with Crippen molar-refractivity contribution in [3.63, 3.8) is 0 Å². The SMILES string of the molecule is O=C(O)NCC1(O)CCNC1. The number of hydrogen-bond acceptors (Lipinski definition) is 3. The number of β-amino-alcohol motifs (C(OH)–C–C–N with tert-alkyl or cyclic N) is 1. The highest BCUT2D eigenvalue weighted by Crippen LogP contribution is 2.11. The lowest BCUT2D eigenvalue weighted by molar-refractivity contribution is 0.0607. The topological polar surface area (TPSA) is 81.6 Å². The van der Waals surface area contributed by atoms with E-state index in [0.717, 1.165) is 6.54 Å². The maximum atomic E-state index is 10.1. The molecule has 1 fully saturated rings. The third-order valence-electron chi connectivity index (χ3n) is 1.79. The summed E-state index contributed by atoms with van der Waals surface area (Å²) in [5.74, 6) is 0. The molecule has 0 bridgehead atoms. The molecule has 0 radical (unpaired) electrons. The van der Waals surface area contributed by atoms with E-state index >= 15 is 0 Å². The summed E-state index contributed by atoms with van der Waals surface area (Å²) >= 11 is 0. The zero-order chi connectivity index (χ0) is 8.32. The van der Waals surface area contributed by atoms with Gasteiger partial charge in [-0.1, -0.05) is 0 Å². The second kappa shape index (κ2) is 3.06. The van der Waals surface area contributed by atoms with E-state index in [1.165, 1.54) is 0 Å². The molecule has 1 atom stereocenters. The Morgan fingerprint density at radius 2 is 2.45 bits per heavy atom. The third-order valence-corrected chi connectivity index (χ3v) is 1.79. The van der Waals surface area contributed by atoms with Crippen molar-refractivity contribution >= 4 is 6.09 Å². The van der Waals surface area contributed by atoms with Gasteiger partial charge in [0.15, 0.2) is 0 Å². The van der Waals surface area contributed by atoms with Gasteiger partial charge in [0.25, 0.3) is 0 Å². The molecular formula is C6H12N2O3. The minimum absolute atomic E-state index is 0.106. The lowest BCUT2D eigenvalue weighted by Gasteiger charge is -2.20. The average molecular weight is 160 g/mol. The monoisotopic (exact) mass is 160 g/mol. The van der Waals surface area contributed by atoms with Crippen molar-refractivity contribution in [3.05, 3.63) is 0 Å². The molecule has 0 aliphatic carbocycles. The third kappa shape index (κ3) is 2.36. The van der Waals surface area contributed by atoms with Crippen LogP contribution < -0.4 is 10.6 Å². The first-order valence-corrected chi connectivity index (χ1v) is 3.52. The number of carbonyl (C=O) groups is 1. The van der Waals surface area contributed by atoms with Crippen LogP contribution in [0.1, 0.15) is 6.42 Å². The summed E-state index contributed by atoms with van der Waals surface area (Å²) in [5, 5.41) is 22.9. The molecule has 1 rings (SSSR count). The van der Waals surface area contributed by atoms with Gasteiger partial charge in [0.1, 0.15) is 0 Å². The Hall–Kier alpha value is -0.810. The second-order valence-electron chi connectivity index (χ2n) is 2.81. The van der Waals surface area contributed by atoms with Gasteiger partial charge in [-0.2, -0.15) is 0 Å². The van der Waals surface area contributed by atoms with E-state index in [1.807, 2.05) is 0 Å². The van der Waals surface area contributed by atoms with Crippen molar-refractivity contribution in [1.29, 1.82) is 0 Å². The molecule has 1 aliphatic rings. The van der Waals surface area contributed by atoms with Crippen LogP contribution in [0.5, 0.6) is 0 Å². The van der Waals surface area contributed by atoms with Gasteiger partial charge in [0, 0.05) is 6.54 Å². The van der Waals surface area contributed by atoms with E-state index in [-0.39, 0.29) is 6.54 Å². The summed E-state index contributed by atoms with van der Waals surface area (Å²) in [7, 11) is 0. The molecule has 5 nitrogen and oxygen atoms in total. The standard InChI is InChI=1S/C6H12N2O3/c9-5(10)8-4-6(11)1-2-7-3-6/h7-8,11H,1-4H2,(H,9,10). The molecule has 1 amide bonds. The molecule has 0 spiro atoms. The van der Waals surface area contributed by atoms with Gasteiger partial charge in [-0.3, -0.25) is 0 Å². The lowest BCUT2D eigenvalue weighted by atomic mass is 10.0. The fraction of sp³-hybridized carbons (Fsp3) is 0.833. The zero-order valence-electron chi connectivity index (χ0n) is 6.13. The first-order chi connectivity index (χ1) is 5.12. The molecule has 1 unspecified atom stereocenters. The van der Waals surface area contributed by atoms with Crippen LogP contribution in [0.4, 0.5) is 4.79 Å². The van der Waals surface area contributed by atoms with Crippen LogP contribution in [0.25, 0.3) is 0 Å². The van der Waals surface area contributed by atoms with Gasteiger partial charge < -0.3 is 20.8 Å². The van der Waals surface area contributed by atoms with E-state index in [1.54, 1.807) is 0 Å². The van der Waals surface area contributed by atoms with Crippen molar-refractivity contribution in [2.45, 2.75) is 12.0 Å². The summed E-state index contributed by atoms with van der Waals surface area (Å²) in [5.41, 5.74) is -0.877. The quantitative estimate of drug-likeness (QED) is 0.416. The molecule has 0 aromatic heterocycles. The van der Waals surface area contributed by atoms with E-state index in [9.17, 15) is 9.90 Å². The molecule has 0 saturated carbocycles. The number of nitrogens with one attached hydrogen (secondary N) is 2. The Kier molecular flexibility index (Phi) is 2.31. The summed E-state index contributed by atoms with van der Waals surface area (Å²) in [6.07, 6.45) is -0.488. The van der Waals surface area contributed by atoms with Crippen LogP contribution in [0.2, 0.25) is 0 Å². The maximum Gasteiger partial charge on any atom is 0.404 e. The fourth-order valence-corrected chi connectivity index (χ4v) is 1.12. The smallest absolute Gasteiger partial charge is 0.404 e. The van der Waals surface area contributed by atoms with Crippen LogP contribution in [0, 0.1) is 0 Å². The van der Waals surface area contributed by atoms with Crippen molar-refractivity contribution in [3.8, 4) is 0 Å². The van der Waals surface area contributed by atoms with Gasteiger partial charge in [-0.25, -0.2) is 4.79 Å². The summed E-state index contributed by atoms with van der Waals surface area (Å²) in [6.45, 7) is 1.32. The van der Waals surface area contributed by atoms with Crippen LogP contribution in [-0.2, 0) is 0 Å². The van der Waals surface area contributed by atoms with E-state index in [4.69, 9.17) is 5.11 Å². The maximum absolute atomic E-state index is 10.1. The molecule has 1 saturated heterocycles. The van der Waals surface area contributed by atoms with Gasteiger partial charge in [-0.05, 0) is 13.0 Å². The van der Waals surface area contributed by atoms with Gasteiger partial charge in [0.05, 0.1) is 12.1 Å². The number of rotatable bonds is 2. The van der Waals surface area contributed by atoms with E-state index in [2.05, 4.69) is 10.6 Å². The van der Waals surface area contributed by atoms with Crippen molar-refractivity contribution in [2.75, 3.05) is 19.6 Å². The average Bonchev–Trinajstić information content (AvgIpc) is 2.33. The molecule has 11 heavy (non-hydrogen) atoms. The van der Waals surface area contributed by atoms with Crippen LogP contribution in [-0.4, -0.2) is 41.5 Å². The number of carboxylic acid groups (broad SMARTS) is 1. The Labute approximate surface area is 64.4 Å². The highest BCUT2D eigenvalue weighted by atomic mass is 16.4. The Bertz CT molecular complexity index is 154. The highest BCUT2D eigenvalue weighted by Gasteiger charge is 2.30. The molecule has 1 aliphatic heterocycles. The van der Waals surface area contributed by atoms with Gasteiger partial charge >= 0.3 is 6.09 Å². The second-order valence-corrected chi connectivity index (χ2v) is 2.81. The van der Waals surface area contributed by atoms with E-state index in [0.29, 0.717) is 13.0 Å². The minimum Gasteiger partial charge on any atom is -0.465 e. The first-order valence-electron chi connectivity index (χ1n) is 3.52. The normalized spacial score (nSPS) is 30.3. The molecule has 64 valence electrons. The Balaban J connectivity index is 2.28. The lowest BCUT2D eigenvalue weighted by Crippen LogP contribution is -2.43. The van der Waals surface area contributed by atoms with Gasteiger partial charge in [-0.15, -0.1) is 0 Å².